The van der Waals surface area contributed by atoms with Gasteiger partial charge in [0.05, 0.1) is 17.6 Å². The van der Waals surface area contributed by atoms with E-state index in [-0.39, 0.29) is 0 Å². The molecule has 6 nitrogen and oxygen atoms in total. The predicted octanol–water partition coefficient (Wildman–Crippen LogP) is 1.70. The van der Waals surface area contributed by atoms with Gasteiger partial charge in [0.25, 0.3) is 0 Å². The lowest BCUT2D eigenvalue weighted by molar-refractivity contribution is -0.107. The number of hydrogen-bond donors (Lipinski definition) is 2. The highest BCUT2D eigenvalue weighted by Gasteiger charge is 2.20. The first-order valence-electron chi connectivity index (χ1n) is 8.18. The highest BCUT2D eigenvalue weighted by molar-refractivity contribution is 5.81. The van der Waals surface area contributed by atoms with E-state index in [1.807, 2.05) is 31.2 Å². The van der Waals surface area contributed by atoms with Crippen molar-refractivity contribution in [2.75, 3.05) is 30.1 Å². The number of fused-ring (bicyclic) bond motifs is 1. The van der Waals surface area contributed by atoms with Crippen LogP contribution in [0.1, 0.15) is 16.8 Å². The molecule has 1 amide bonds. The van der Waals surface area contributed by atoms with Crippen LogP contribution in [0.25, 0.3) is 0 Å². The molecule has 1 aromatic heterocycles. The van der Waals surface area contributed by atoms with Crippen molar-refractivity contribution in [3.63, 3.8) is 0 Å². The number of nitrogens with zero attached hydrogens (tertiary/aromatic N) is 3. The summed E-state index contributed by atoms with van der Waals surface area (Å²) in [5, 5.41) is 1.53. The van der Waals surface area contributed by atoms with E-state index >= 15 is 0 Å². The Balaban J connectivity index is 1.84. The van der Waals surface area contributed by atoms with Crippen LogP contribution in [0.15, 0.2) is 36.5 Å². The first-order chi connectivity index (χ1) is 11.7. The molecule has 0 fully saturated rings. The van der Waals surface area contributed by atoms with Gasteiger partial charge in [0.2, 0.25) is 6.41 Å². The summed E-state index contributed by atoms with van der Waals surface area (Å²) in [5.41, 5.74) is 13.9. The number of carbonyl (C=O) groups is 1. The predicted molar refractivity (Wildman–Crippen MR) is 95.6 cm³/mol. The summed E-state index contributed by atoms with van der Waals surface area (Å²) in [6.45, 7) is 5.33. The SMILES string of the molecule is Cc1ccc(NN(C=O)c2cccc3c2CCN(CCN)C3)cn1. The summed E-state index contributed by atoms with van der Waals surface area (Å²) in [6, 6.07) is 9.91. The fourth-order valence-electron chi connectivity index (χ4n) is 3.06. The highest BCUT2D eigenvalue weighted by atomic mass is 16.1. The maximum Gasteiger partial charge on any atom is 0.232 e. The third-order valence-electron chi connectivity index (χ3n) is 4.29. The number of pyridine rings is 1. The second-order valence-corrected chi connectivity index (χ2v) is 6.01. The van der Waals surface area contributed by atoms with Crippen molar-refractivity contribution in [3.8, 4) is 0 Å². The number of amides is 1. The summed E-state index contributed by atoms with van der Waals surface area (Å²) >= 11 is 0. The van der Waals surface area contributed by atoms with E-state index in [0.717, 1.165) is 49.5 Å². The third-order valence-corrected chi connectivity index (χ3v) is 4.29. The summed E-state index contributed by atoms with van der Waals surface area (Å²) in [6.07, 6.45) is 3.44. The molecule has 1 aliphatic heterocycles. The largest absolute Gasteiger partial charge is 0.329 e. The molecule has 6 heteroatoms. The molecule has 0 aliphatic carbocycles. The molecule has 0 radical (unpaired) electrons. The van der Waals surface area contributed by atoms with Crippen LogP contribution in [0.4, 0.5) is 11.4 Å². The van der Waals surface area contributed by atoms with Crippen LogP contribution in [0.3, 0.4) is 0 Å². The van der Waals surface area contributed by atoms with E-state index in [1.54, 1.807) is 6.20 Å². The Morgan fingerprint density at radius 3 is 2.96 bits per heavy atom. The molecule has 0 saturated carbocycles. The molecule has 0 atom stereocenters. The van der Waals surface area contributed by atoms with Crippen LogP contribution in [-0.2, 0) is 17.8 Å². The van der Waals surface area contributed by atoms with Crippen LogP contribution in [0.5, 0.6) is 0 Å². The van der Waals surface area contributed by atoms with Crippen molar-refractivity contribution in [1.29, 1.82) is 0 Å². The van der Waals surface area contributed by atoms with Crippen molar-refractivity contribution < 1.29 is 4.79 Å². The van der Waals surface area contributed by atoms with Crippen molar-refractivity contribution >= 4 is 17.8 Å². The maximum absolute atomic E-state index is 11.6. The minimum absolute atomic E-state index is 0.664. The topological polar surface area (TPSA) is 74.5 Å². The summed E-state index contributed by atoms with van der Waals surface area (Å²) < 4.78 is 0. The monoisotopic (exact) mass is 325 g/mol. The lowest BCUT2D eigenvalue weighted by Gasteiger charge is -2.31. The number of carbonyl (C=O) groups excluding carboxylic acids is 1. The molecule has 0 unspecified atom stereocenters. The zero-order valence-electron chi connectivity index (χ0n) is 13.9. The van der Waals surface area contributed by atoms with Crippen LogP contribution < -0.4 is 16.2 Å². The van der Waals surface area contributed by atoms with Gasteiger partial charge < -0.3 is 5.73 Å². The molecule has 3 rings (SSSR count). The number of anilines is 2. The van der Waals surface area contributed by atoms with E-state index in [4.69, 9.17) is 5.73 Å². The number of rotatable bonds is 6. The molecule has 3 N–H and O–H groups in total. The normalized spacial score (nSPS) is 14.1. The van der Waals surface area contributed by atoms with Crippen molar-refractivity contribution in [1.82, 2.24) is 9.88 Å². The van der Waals surface area contributed by atoms with E-state index in [0.29, 0.717) is 6.54 Å². The summed E-state index contributed by atoms with van der Waals surface area (Å²) in [5.74, 6) is 0. The van der Waals surface area contributed by atoms with Crippen LogP contribution in [0, 0.1) is 6.92 Å². The highest BCUT2D eigenvalue weighted by Crippen LogP contribution is 2.28. The fourth-order valence-corrected chi connectivity index (χ4v) is 3.06. The third kappa shape index (κ3) is 3.55. The Bertz CT molecular complexity index is 701. The van der Waals surface area contributed by atoms with E-state index in [1.165, 1.54) is 16.1 Å². The molecule has 0 spiro atoms. The zero-order valence-corrected chi connectivity index (χ0v) is 13.9. The lowest BCUT2D eigenvalue weighted by Crippen LogP contribution is -2.36. The van der Waals surface area contributed by atoms with Gasteiger partial charge in [-0.25, -0.2) is 5.01 Å². The van der Waals surface area contributed by atoms with Gasteiger partial charge in [0, 0.05) is 31.9 Å². The standard InChI is InChI=1S/C18H23N5O/c1-14-5-6-16(11-20-14)21-23(13-24)18-4-2-3-15-12-22(10-8-19)9-7-17(15)18/h2-6,11,13,21H,7-10,12,19H2,1H3. The van der Waals surface area contributed by atoms with Crippen molar-refractivity contribution in [2.24, 2.45) is 5.73 Å². The average Bonchev–Trinajstić information content (AvgIpc) is 2.61. The quantitative estimate of drug-likeness (QED) is 0.624. The first-order valence-corrected chi connectivity index (χ1v) is 8.18. The van der Waals surface area contributed by atoms with Crippen LogP contribution in [0.2, 0.25) is 0 Å². The van der Waals surface area contributed by atoms with Gasteiger partial charge in [-0.15, -0.1) is 0 Å². The molecule has 0 bridgehead atoms. The van der Waals surface area contributed by atoms with Gasteiger partial charge in [-0.05, 0) is 42.7 Å². The van der Waals surface area contributed by atoms with Gasteiger partial charge in [-0.3, -0.25) is 20.1 Å². The number of nitrogens with one attached hydrogen (secondary N) is 1. The number of aromatic nitrogens is 1. The fraction of sp³-hybridized carbons (Fsp3) is 0.333. The Hall–Kier alpha value is -2.44. The Morgan fingerprint density at radius 1 is 1.38 bits per heavy atom. The van der Waals surface area contributed by atoms with Gasteiger partial charge in [0.1, 0.15) is 0 Å². The molecule has 0 saturated heterocycles. The second-order valence-electron chi connectivity index (χ2n) is 6.01. The Morgan fingerprint density at radius 2 is 2.25 bits per heavy atom. The first kappa shape index (κ1) is 16.4. The molecule has 2 aromatic rings. The lowest BCUT2D eigenvalue weighted by atomic mass is 9.97. The molecule has 2 heterocycles. The van der Waals surface area contributed by atoms with Gasteiger partial charge in [-0.1, -0.05) is 12.1 Å². The summed E-state index contributed by atoms with van der Waals surface area (Å²) in [7, 11) is 0. The van der Waals surface area contributed by atoms with Crippen LogP contribution >= 0.6 is 0 Å². The van der Waals surface area contributed by atoms with Crippen molar-refractivity contribution in [2.45, 2.75) is 19.9 Å². The zero-order chi connectivity index (χ0) is 16.9. The minimum Gasteiger partial charge on any atom is -0.329 e. The van der Waals surface area contributed by atoms with Gasteiger partial charge in [-0.2, -0.15) is 0 Å². The summed E-state index contributed by atoms with van der Waals surface area (Å²) in [4.78, 5) is 18.2. The van der Waals surface area contributed by atoms with Gasteiger partial charge >= 0.3 is 0 Å². The second kappa shape index (κ2) is 7.42. The maximum atomic E-state index is 11.6. The minimum atomic E-state index is 0.664. The van der Waals surface area contributed by atoms with Gasteiger partial charge in [0.15, 0.2) is 0 Å². The van der Waals surface area contributed by atoms with E-state index in [9.17, 15) is 4.79 Å². The number of aryl methyl sites for hydroxylation is 1. The average molecular weight is 325 g/mol. The Labute approximate surface area is 142 Å². The van der Waals surface area contributed by atoms with Crippen molar-refractivity contribution in [3.05, 3.63) is 53.3 Å². The molecule has 126 valence electrons. The molecule has 1 aromatic carbocycles. The Kier molecular flexibility index (Phi) is 5.08. The number of nitrogens with two attached hydrogens (primary N) is 1. The van der Waals surface area contributed by atoms with Crippen LogP contribution in [-0.4, -0.2) is 35.9 Å². The molecule has 24 heavy (non-hydrogen) atoms. The number of hydrogen-bond acceptors (Lipinski definition) is 5. The molecule has 1 aliphatic rings. The smallest absolute Gasteiger partial charge is 0.232 e. The number of benzene rings is 1. The number of hydrazine groups is 1. The molecular weight excluding hydrogens is 302 g/mol. The van der Waals surface area contributed by atoms with E-state index in [2.05, 4.69) is 21.4 Å². The molecular formula is C18H23N5O. The van der Waals surface area contributed by atoms with E-state index < -0.39 is 0 Å².